The molecule has 0 saturated heterocycles. The van der Waals surface area contributed by atoms with Crippen LogP contribution in [0.3, 0.4) is 0 Å². The Kier molecular flexibility index (Phi) is 8.88. The highest BCUT2D eigenvalue weighted by Crippen LogP contribution is 2.42. The zero-order chi connectivity index (χ0) is 38.2. The first-order chi connectivity index (χ1) is 28.1. The minimum absolute atomic E-state index is 0.178. The number of nitrogens with zero attached hydrogens (tertiary/aromatic N) is 2. The highest BCUT2D eigenvalue weighted by Gasteiger charge is 2.28. The van der Waals surface area contributed by atoms with Gasteiger partial charge in [0.25, 0.3) is 0 Å². The summed E-state index contributed by atoms with van der Waals surface area (Å²) in [5.74, 6) is 0. The van der Waals surface area contributed by atoms with Crippen molar-refractivity contribution >= 4 is 44.5 Å². The maximum Gasteiger partial charge on any atom is 0.0540 e. The first-order valence-corrected chi connectivity index (χ1v) is 20.1. The smallest absolute Gasteiger partial charge is 0.0540 e. The Hall–Kier alpha value is -6.90. The fourth-order valence-electron chi connectivity index (χ4n) is 8.77. The Labute approximate surface area is 335 Å². The monoisotopic (exact) mass is 732 g/mol. The lowest BCUT2D eigenvalue weighted by Crippen LogP contribution is -2.21. The molecule has 2 aliphatic rings. The summed E-state index contributed by atoms with van der Waals surface area (Å²) < 4.78 is 2.43. The molecule has 1 aromatic heterocycles. The molecule has 1 atom stereocenters. The minimum Gasteiger partial charge on any atom is -0.311 e. The number of aromatic nitrogens is 1. The number of allylic oxidation sites excluding steroid dienone is 7. The average molecular weight is 733 g/mol. The van der Waals surface area contributed by atoms with Gasteiger partial charge in [0, 0.05) is 39.0 Å². The summed E-state index contributed by atoms with van der Waals surface area (Å²) in [6, 6.07) is 66.2. The zero-order valence-electron chi connectivity index (χ0n) is 32.2. The van der Waals surface area contributed by atoms with Crippen molar-refractivity contribution in [2.45, 2.75) is 31.6 Å². The molecule has 0 bridgehead atoms. The summed E-state index contributed by atoms with van der Waals surface area (Å²) in [5.41, 5.74) is 15.9. The fraction of sp³-hybridized carbons (Fsp3) is 0.0909. The lowest BCUT2D eigenvalue weighted by atomic mass is 9.75. The molecule has 8 aromatic rings. The van der Waals surface area contributed by atoms with E-state index in [1.165, 1.54) is 72.2 Å². The number of hydrogen-bond acceptors (Lipinski definition) is 1. The molecule has 2 heteroatoms. The van der Waals surface area contributed by atoms with Gasteiger partial charge in [-0.15, -0.1) is 0 Å². The molecule has 1 heterocycles. The second-order valence-corrected chi connectivity index (χ2v) is 15.5. The predicted molar refractivity (Wildman–Crippen MR) is 242 cm³/mol. The van der Waals surface area contributed by atoms with Crippen LogP contribution in [-0.2, 0) is 5.41 Å². The van der Waals surface area contributed by atoms with Crippen LogP contribution in [0.4, 0.5) is 11.4 Å². The lowest BCUT2D eigenvalue weighted by molar-refractivity contribution is 0.600. The fourth-order valence-corrected chi connectivity index (χ4v) is 8.77. The van der Waals surface area contributed by atoms with Gasteiger partial charge in [-0.3, -0.25) is 0 Å². The number of hydrogen-bond donors (Lipinski definition) is 0. The molecule has 0 amide bonds. The van der Waals surface area contributed by atoms with Crippen molar-refractivity contribution in [2.75, 3.05) is 4.90 Å². The van der Waals surface area contributed by atoms with Gasteiger partial charge >= 0.3 is 0 Å². The summed E-state index contributed by atoms with van der Waals surface area (Å²) in [5, 5.41) is 2.58. The lowest BCUT2D eigenvalue weighted by Gasteiger charge is -2.30. The quantitative estimate of drug-likeness (QED) is 0.151. The van der Waals surface area contributed by atoms with Gasteiger partial charge in [-0.25, -0.2) is 0 Å². The molecule has 274 valence electrons. The van der Waals surface area contributed by atoms with Gasteiger partial charge in [-0.2, -0.15) is 0 Å². The summed E-state index contributed by atoms with van der Waals surface area (Å²) >= 11 is 0. The van der Waals surface area contributed by atoms with Crippen molar-refractivity contribution in [3.05, 3.63) is 229 Å². The molecular weight excluding hydrogens is 689 g/mol. The number of rotatable bonds is 8. The van der Waals surface area contributed by atoms with Crippen molar-refractivity contribution < 1.29 is 0 Å². The largest absolute Gasteiger partial charge is 0.311 e. The van der Waals surface area contributed by atoms with Crippen molar-refractivity contribution in [1.82, 2.24) is 4.57 Å². The standard InChI is InChI=1S/C55H44N2/c1-55(34-32-49(33-35-55)57-53-26-13-11-24-51(53)52-25-12-14-27-54(52)57)46-37-44(41-18-7-3-8-19-41)36-45(38-46)42-28-30-48(31-29-42)56(47-21-9-4-10-22-47)50-23-15-20-43(39-50)40-16-5-2-6-17-40/h2-14,16-19,21-34,36-39H,15,20,35H2,1H3. The van der Waals surface area contributed by atoms with Crippen molar-refractivity contribution in [3.63, 3.8) is 0 Å². The van der Waals surface area contributed by atoms with Crippen LogP contribution in [0, 0.1) is 0 Å². The van der Waals surface area contributed by atoms with Crippen LogP contribution in [-0.4, -0.2) is 4.57 Å². The summed E-state index contributed by atoms with van der Waals surface area (Å²) in [7, 11) is 0. The van der Waals surface area contributed by atoms with E-state index in [0.717, 1.165) is 30.6 Å². The summed E-state index contributed by atoms with van der Waals surface area (Å²) in [6.07, 6.45) is 14.9. The maximum atomic E-state index is 2.43. The van der Waals surface area contributed by atoms with Gasteiger partial charge in [0.1, 0.15) is 0 Å². The second kappa shape index (κ2) is 14.6. The molecule has 0 N–H and O–H groups in total. The summed E-state index contributed by atoms with van der Waals surface area (Å²) in [6.45, 7) is 2.38. The predicted octanol–water partition coefficient (Wildman–Crippen LogP) is 14.8. The van der Waals surface area contributed by atoms with Crippen LogP contribution in [0.25, 0.3) is 55.3 Å². The number of fused-ring (bicyclic) bond motifs is 3. The molecule has 7 aromatic carbocycles. The normalized spacial score (nSPS) is 16.6. The molecule has 0 radical (unpaired) electrons. The van der Waals surface area contributed by atoms with E-state index in [-0.39, 0.29) is 5.41 Å². The van der Waals surface area contributed by atoms with E-state index in [1.807, 2.05) is 0 Å². The Bertz CT molecular complexity index is 2800. The highest BCUT2D eigenvalue weighted by atomic mass is 15.1. The maximum absolute atomic E-state index is 2.43. The van der Waals surface area contributed by atoms with Crippen LogP contribution >= 0.6 is 0 Å². The molecule has 1 unspecified atom stereocenters. The van der Waals surface area contributed by atoms with E-state index >= 15 is 0 Å². The van der Waals surface area contributed by atoms with Gasteiger partial charge in [0.15, 0.2) is 0 Å². The number of para-hydroxylation sites is 3. The van der Waals surface area contributed by atoms with Crippen LogP contribution in [0.15, 0.2) is 218 Å². The zero-order valence-corrected chi connectivity index (χ0v) is 32.2. The van der Waals surface area contributed by atoms with E-state index in [0.29, 0.717) is 0 Å². The van der Waals surface area contributed by atoms with E-state index in [1.54, 1.807) is 0 Å². The van der Waals surface area contributed by atoms with Gasteiger partial charge in [0.05, 0.1) is 11.0 Å². The number of benzene rings is 7. The molecule has 2 nitrogen and oxygen atoms in total. The third kappa shape index (κ3) is 6.54. The van der Waals surface area contributed by atoms with Crippen LogP contribution in [0.1, 0.15) is 37.3 Å². The van der Waals surface area contributed by atoms with Gasteiger partial charge in [-0.05, 0) is 113 Å². The SMILES string of the molecule is CC1(c2cc(-c3ccccc3)cc(-c3ccc(N(C4=CCCC(c5ccccc5)=C4)c4ccccc4)cc3)c2)C=CC(n2c3ccccc3c3ccccc32)=CC1. The molecule has 57 heavy (non-hydrogen) atoms. The van der Waals surface area contributed by atoms with Crippen molar-refractivity contribution in [2.24, 2.45) is 0 Å². The molecule has 0 aliphatic heterocycles. The topological polar surface area (TPSA) is 8.17 Å². The molecule has 0 saturated carbocycles. The van der Waals surface area contributed by atoms with E-state index in [9.17, 15) is 0 Å². The molecule has 0 fully saturated rings. The Balaban J connectivity index is 1.02. The van der Waals surface area contributed by atoms with Gasteiger partial charge < -0.3 is 9.47 Å². The van der Waals surface area contributed by atoms with Crippen molar-refractivity contribution in [1.29, 1.82) is 0 Å². The molecular formula is C55H44N2. The van der Waals surface area contributed by atoms with E-state index < -0.39 is 0 Å². The third-order valence-corrected chi connectivity index (χ3v) is 11.9. The first kappa shape index (κ1) is 34.6. The average Bonchev–Trinajstić information content (AvgIpc) is 3.62. The van der Waals surface area contributed by atoms with Gasteiger partial charge in [0.2, 0.25) is 0 Å². The molecule has 2 aliphatic carbocycles. The third-order valence-electron chi connectivity index (χ3n) is 11.9. The second-order valence-electron chi connectivity index (χ2n) is 15.5. The molecule has 10 rings (SSSR count). The highest BCUT2D eigenvalue weighted by molar-refractivity contribution is 6.10. The van der Waals surface area contributed by atoms with Gasteiger partial charge in [-0.1, -0.05) is 165 Å². The van der Waals surface area contributed by atoms with Crippen LogP contribution in [0.5, 0.6) is 0 Å². The minimum atomic E-state index is -0.178. The first-order valence-electron chi connectivity index (χ1n) is 20.1. The number of anilines is 2. The summed E-state index contributed by atoms with van der Waals surface area (Å²) in [4.78, 5) is 2.40. The Morgan fingerprint density at radius 3 is 1.67 bits per heavy atom. The molecule has 0 spiro atoms. The Morgan fingerprint density at radius 2 is 1.05 bits per heavy atom. The van der Waals surface area contributed by atoms with Crippen LogP contribution < -0.4 is 4.90 Å². The Morgan fingerprint density at radius 1 is 0.509 bits per heavy atom. The van der Waals surface area contributed by atoms with Crippen LogP contribution in [0.2, 0.25) is 0 Å². The van der Waals surface area contributed by atoms with Crippen molar-refractivity contribution in [3.8, 4) is 22.3 Å². The van der Waals surface area contributed by atoms with E-state index in [4.69, 9.17) is 0 Å². The van der Waals surface area contributed by atoms with E-state index in [2.05, 4.69) is 229 Å².